The number of alkyl halides is 1. The van der Waals surface area contributed by atoms with Gasteiger partial charge in [-0.3, -0.25) is 0 Å². The Morgan fingerprint density at radius 3 is 2.50 bits per heavy atom. The zero-order valence-corrected chi connectivity index (χ0v) is 9.49. The molecule has 0 heterocycles. The molecule has 0 aliphatic heterocycles. The Morgan fingerprint density at radius 2 is 2.06 bits per heavy atom. The molecule has 0 saturated carbocycles. The van der Waals surface area contributed by atoms with Crippen molar-refractivity contribution in [2.24, 2.45) is 0 Å². The zero-order chi connectivity index (χ0) is 12.2. The first-order valence-corrected chi connectivity index (χ1v) is 4.92. The normalized spacial score (nSPS) is 13.3. The van der Waals surface area contributed by atoms with E-state index >= 15 is 0 Å². The van der Waals surface area contributed by atoms with E-state index in [1.54, 1.807) is 36.4 Å². The summed E-state index contributed by atoms with van der Waals surface area (Å²) < 4.78 is 4.90. The summed E-state index contributed by atoms with van der Waals surface area (Å²) in [5, 5.41) is 7.19. The Kier molecular flexibility index (Phi) is 3.70. The maximum Gasteiger partial charge on any atom is 0.335 e. The molecule has 0 spiro atoms. The van der Waals surface area contributed by atoms with Gasteiger partial charge in [-0.25, -0.2) is 4.79 Å². The summed E-state index contributed by atoms with van der Waals surface area (Å²) in [6, 6.07) is 10.2. The highest BCUT2D eigenvalue weighted by Gasteiger charge is 2.34. The van der Waals surface area contributed by atoms with E-state index in [1.165, 1.54) is 6.92 Å². The Balaban J connectivity index is 3.01. The van der Waals surface area contributed by atoms with Gasteiger partial charge in [-0.2, -0.15) is 5.26 Å². The lowest BCUT2D eigenvalue weighted by molar-refractivity contribution is -0.144. The van der Waals surface area contributed by atoms with Crippen molar-refractivity contribution in [2.75, 3.05) is 0 Å². The summed E-state index contributed by atoms with van der Waals surface area (Å²) in [4.78, 5) is 11.3. The van der Waals surface area contributed by atoms with Crippen molar-refractivity contribution in [1.29, 1.82) is 5.26 Å². The third-order valence-corrected chi connectivity index (χ3v) is 2.25. The van der Waals surface area contributed by atoms with Crippen LogP contribution in [0.1, 0.15) is 12.5 Å². The minimum atomic E-state index is -1.79. The molecule has 1 aromatic carbocycles. The van der Waals surface area contributed by atoms with Crippen molar-refractivity contribution in [3.8, 4) is 6.07 Å². The van der Waals surface area contributed by atoms with E-state index in [9.17, 15) is 4.79 Å². The molecule has 0 N–H and O–H groups in total. The van der Waals surface area contributed by atoms with Crippen molar-refractivity contribution in [1.82, 2.24) is 0 Å². The molecule has 0 bridgehead atoms. The van der Waals surface area contributed by atoms with Crippen LogP contribution in [0.15, 0.2) is 42.5 Å². The monoisotopic (exact) mass is 235 g/mol. The van der Waals surface area contributed by atoms with Gasteiger partial charge < -0.3 is 4.74 Å². The second-order valence-corrected chi connectivity index (χ2v) is 3.78. The lowest BCUT2D eigenvalue weighted by Crippen LogP contribution is -2.25. The number of esters is 1. The number of carbonyl (C=O) groups excluding carboxylic acids is 1. The lowest BCUT2D eigenvalue weighted by atomic mass is 10.1. The molecule has 0 aromatic heterocycles. The molecular weight excluding hydrogens is 226 g/mol. The van der Waals surface area contributed by atoms with Crippen LogP contribution in [0.3, 0.4) is 0 Å². The first-order chi connectivity index (χ1) is 7.49. The van der Waals surface area contributed by atoms with Crippen LogP contribution in [0.25, 0.3) is 0 Å². The number of benzene rings is 1. The topological polar surface area (TPSA) is 50.1 Å². The number of nitriles is 1. The first kappa shape index (κ1) is 12.3. The van der Waals surface area contributed by atoms with Gasteiger partial charge >= 0.3 is 5.97 Å². The van der Waals surface area contributed by atoms with Crippen molar-refractivity contribution in [2.45, 2.75) is 12.0 Å². The third kappa shape index (κ3) is 2.62. The second-order valence-electron chi connectivity index (χ2n) is 3.24. The van der Waals surface area contributed by atoms with Crippen molar-refractivity contribution >= 4 is 17.6 Å². The summed E-state index contributed by atoms with van der Waals surface area (Å²) in [5.41, 5.74) is 0.602. The fourth-order valence-corrected chi connectivity index (χ4v) is 1.21. The molecule has 0 fully saturated rings. The van der Waals surface area contributed by atoms with Crippen LogP contribution >= 0.6 is 11.6 Å². The Bertz CT molecular complexity index is 450. The number of rotatable bonds is 3. The number of carbonyl (C=O) groups is 1. The van der Waals surface area contributed by atoms with E-state index in [-0.39, 0.29) is 5.57 Å². The van der Waals surface area contributed by atoms with Crippen molar-refractivity contribution < 1.29 is 9.53 Å². The SMILES string of the molecule is C=C(C)C(=O)OC(Cl)(C#N)c1ccccc1. The fourth-order valence-electron chi connectivity index (χ4n) is 1.01. The second kappa shape index (κ2) is 4.82. The minimum absolute atomic E-state index is 0.191. The maximum atomic E-state index is 11.3. The molecule has 0 aliphatic rings. The van der Waals surface area contributed by atoms with Gasteiger partial charge in [0.25, 0.3) is 5.06 Å². The molecule has 1 rings (SSSR count). The van der Waals surface area contributed by atoms with Crippen molar-refractivity contribution in [3.05, 3.63) is 48.0 Å². The lowest BCUT2D eigenvalue weighted by Gasteiger charge is -2.19. The first-order valence-electron chi connectivity index (χ1n) is 4.54. The number of hydrogen-bond donors (Lipinski definition) is 0. The molecule has 0 saturated heterocycles. The summed E-state index contributed by atoms with van der Waals surface area (Å²) in [6.45, 7) is 4.91. The maximum absolute atomic E-state index is 11.3. The van der Waals surface area contributed by atoms with Gasteiger partial charge in [-0.1, -0.05) is 48.5 Å². The molecule has 1 unspecified atom stereocenters. The Morgan fingerprint density at radius 1 is 1.50 bits per heavy atom. The Hall–Kier alpha value is -1.79. The fraction of sp³-hybridized carbons (Fsp3) is 0.167. The molecule has 82 valence electrons. The van der Waals surface area contributed by atoms with Gasteiger partial charge in [0.1, 0.15) is 6.07 Å². The molecule has 1 atom stereocenters. The zero-order valence-electron chi connectivity index (χ0n) is 8.74. The van der Waals surface area contributed by atoms with Crippen LogP contribution < -0.4 is 0 Å². The average molecular weight is 236 g/mol. The predicted octanol–water partition coefficient (Wildman–Crippen LogP) is 2.72. The van der Waals surface area contributed by atoms with Crippen LogP contribution in [-0.4, -0.2) is 5.97 Å². The van der Waals surface area contributed by atoms with Crippen LogP contribution in [0.4, 0.5) is 0 Å². The van der Waals surface area contributed by atoms with Gasteiger partial charge in [0.05, 0.1) is 0 Å². The predicted molar refractivity (Wildman–Crippen MR) is 60.5 cm³/mol. The van der Waals surface area contributed by atoms with E-state index in [0.29, 0.717) is 5.56 Å². The van der Waals surface area contributed by atoms with Gasteiger partial charge in [-0.15, -0.1) is 0 Å². The Labute approximate surface area is 98.9 Å². The highest BCUT2D eigenvalue weighted by Crippen LogP contribution is 2.30. The van der Waals surface area contributed by atoms with Gasteiger partial charge in [0, 0.05) is 11.1 Å². The summed E-state index contributed by atoms with van der Waals surface area (Å²) in [5.74, 6) is -0.694. The molecule has 3 nitrogen and oxygen atoms in total. The van der Waals surface area contributed by atoms with Crippen LogP contribution in [0.2, 0.25) is 0 Å². The van der Waals surface area contributed by atoms with Gasteiger partial charge in [0.2, 0.25) is 0 Å². The molecule has 0 radical (unpaired) electrons. The summed E-state index contributed by atoms with van der Waals surface area (Å²) >= 11 is 5.94. The quantitative estimate of drug-likeness (QED) is 0.460. The smallest absolute Gasteiger partial charge is 0.335 e. The van der Waals surface area contributed by atoms with Crippen LogP contribution in [0.5, 0.6) is 0 Å². The largest absolute Gasteiger partial charge is 0.421 e. The van der Waals surface area contributed by atoms with E-state index in [1.807, 2.05) is 0 Å². The van der Waals surface area contributed by atoms with E-state index in [0.717, 1.165) is 0 Å². The van der Waals surface area contributed by atoms with Crippen LogP contribution in [0, 0.1) is 11.3 Å². The van der Waals surface area contributed by atoms with E-state index < -0.39 is 11.0 Å². The highest BCUT2D eigenvalue weighted by atomic mass is 35.5. The van der Waals surface area contributed by atoms with Gasteiger partial charge in [-0.05, 0) is 6.92 Å². The average Bonchev–Trinajstić information content (AvgIpc) is 2.29. The molecule has 0 aliphatic carbocycles. The summed E-state index contributed by atoms with van der Waals surface area (Å²) in [7, 11) is 0. The minimum Gasteiger partial charge on any atom is -0.421 e. The van der Waals surface area contributed by atoms with E-state index in [4.69, 9.17) is 21.6 Å². The molecule has 1 aromatic rings. The number of nitrogens with zero attached hydrogens (tertiary/aromatic N) is 1. The molecule has 0 amide bonds. The highest BCUT2D eigenvalue weighted by molar-refractivity contribution is 6.25. The molecule has 4 heteroatoms. The number of hydrogen-bond acceptors (Lipinski definition) is 3. The van der Waals surface area contributed by atoms with Crippen molar-refractivity contribution in [3.63, 3.8) is 0 Å². The standard InChI is InChI=1S/C12H10ClNO2/c1-9(2)11(15)16-12(13,8-14)10-6-4-3-5-7-10/h3-7H,1H2,2H3. The number of halogens is 1. The molecular formula is C12H10ClNO2. The summed E-state index contributed by atoms with van der Waals surface area (Å²) in [6.07, 6.45) is 0. The van der Waals surface area contributed by atoms with E-state index in [2.05, 4.69) is 6.58 Å². The third-order valence-electron chi connectivity index (χ3n) is 1.87. The number of ether oxygens (including phenoxy) is 1. The molecule has 16 heavy (non-hydrogen) atoms. The van der Waals surface area contributed by atoms with Crippen LogP contribution in [-0.2, 0) is 14.6 Å². The van der Waals surface area contributed by atoms with Gasteiger partial charge in [0.15, 0.2) is 0 Å².